The van der Waals surface area contributed by atoms with Gasteiger partial charge in [-0.25, -0.2) is 13.2 Å². The van der Waals surface area contributed by atoms with E-state index in [1.165, 1.54) is 4.31 Å². The van der Waals surface area contributed by atoms with Gasteiger partial charge in [-0.2, -0.15) is 4.31 Å². The second-order valence-electron chi connectivity index (χ2n) is 7.21. The molecule has 0 bridgehead atoms. The number of cyclic esters (lactones) is 1. The molecule has 2 aromatic carbocycles. The van der Waals surface area contributed by atoms with Crippen LogP contribution in [-0.4, -0.2) is 55.7 Å². The maximum Gasteiger partial charge on any atom is 0.339 e. The Bertz CT molecular complexity index is 1010. The quantitative estimate of drug-likeness (QED) is 0.699. The first-order valence-corrected chi connectivity index (χ1v) is 11.1. The molecule has 1 atom stereocenters. The van der Waals surface area contributed by atoms with E-state index in [1.807, 2.05) is 24.3 Å². The van der Waals surface area contributed by atoms with Crippen LogP contribution in [-0.2, 0) is 25.3 Å². The molecule has 1 saturated heterocycles. The number of carbonyl (C=O) groups excluding carboxylic acids is 2. The van der Waals surface area contributed by atoms with Gasteiger partial charge in [-0.1, -0.05) is 48.5 Å². The molecular formula is C21H22N2O5S. The summed E-state index contributed by atoms with van der Waals surface area (Å²) in [6.07, 6.45) is -0.509. The van der Waals surface area contributed by atoms with Crippen molar-refractivity contribution in [3.8, 4) is 0 Å². The van der Waals surface area contributed by atoms with Crippen molar-refractivity contribution >= 4 is 21.9 Å². The average Bonchev–Trinajstić information content (AvgIpc) is 3.04. The molecule has 1 fully saturated rings. The lowest BCUT2D eigenvalue weighted by Gasteiger charge is -2.34. The standard InChI is InChI=1S/C21H22N2O5S/c24-20(14-19-17-8-4-5-9-18(17)21(25)28-19)22-10-12-23(13-11-22)29(26,27)15-16-6-2-1-3-7-16/h1-9,19H,10-15H2/t19-/m0/s1. The zero-order valence-corrected chi connectivity index (χ0v) is 16.7. The van der Waals surface area contributed by atoms with E-state index in [0.29, 0.717) is 18.7 Å². The number of sulfonamides is 1. The number of amides is 1. The Labute approximate surface area is 169 Å². The molecule has 2 aliphatic rings. The van der Waals surface area contributed by atoms with Crippen molar-refractivity contribution < 1.29 is 22.7 Å². The Morgan fingerprint density at radius 2 is 1.62 bits per heavy atom. The maximum atomic E-state index is 12.7. The van der Waals surface area contributed by atoms with E-state index >= 15 is 0 Å². The predicted molar refractivity (Wildman–Crippen MR) is 106 cm³/mol. The highest BCUT2D eigenvalue weighted by atomic mass is 32.2. The molecule has 152 valence electrons. The summed E-state index contributed by atoms with van der Waals surface area (Å²) >= 11 is 0. The van der Waals surface area contributed by atoms with Gasteiger partial charge in [-0.3, -0.25) is 4.79 Å². The van der Waals surface area contributed by atoms with Gasteiger partial charge < -0.3 is 9.64 Å². The first-order valence-electron chi connectivity index (χ1n) is 9.53. The van der Waals surface area contributed by atoms with Crippen molar-refractivity contribution in [2.45, 2.75) is 18.3 Å². The Morgan fingerprint density at radius 3 is 2.34 bits per heavy atom. The zero-order chi connectivity index (χ0) is 20.4. The largest absolute Gasteiger partial charge is 0.453 e. The van der Waals surface area contributed by atoms with Gasteiger partial charge in [-0.05, 0) is 11.6 Å². The van der Waals surface area contributed by atoms with Crippen molar-refractivity contribution in [1.82, 2.24) is 9.21 Å². The van der Waals surface area contributed by atoms with Gasteiger partial charge in [-0.15, -0.1) is 0 Å². The third-order valence-corrected chi connectivity index (χ3v) is 7.16. The van der Waals surface area contributed by atoms with Crippen LogP contribution in [0, 0.1) is 0 Å². The molecule has 4 rings (SSSR count). The number of nitrogens with zero attached hydrogens (tertiary/aromatic N) is 2. The van der Waals surface area contributed by atoms with Gasteiger partial charge in [0.05, 0.1) is 17.7 Å². The molecule has 29 heavy (non-hydrogen) atoms. The minimum absolute atomic E-state index is 0.0450. The molecule has 0 aromatic heterocycles. The lowest BCUT2D eigenvalue weighted by atomic mass is 10.0. The molecule has 2 heterocycles. The Hall–Kier alpha value is -2.71. The summed E-state index contributed by atoms with van der Waals surface area (Å²) in [5, 5.41) is 0. The molecule has 2 aliphatic heterocycles. The van der Waals surface area contributed by atoms with Gasteiger partial charge in [0.1, 0.15) is 6.10 Å². The minimum Gasteiger partial charge on any atom is -0.453 e. The van der Waals surface area contributed by atoms with E-state index < -0.39 is 22.1 Å². The van der Waals surface area contributed by atoms with Crippen molar-refractivity contribution in [1.29, 1.82) is 0 Å². The zero-order valence-electron chi connectivity index (χ0n) is 15.9. The highest BCUT2D eigenvalue weighted by Gasteiger charge is 2.35. The summed E-state index contributed by atoms with van der Waals surface area (Å²) in [7, 11) is -3.43. The number of ether oxygens (including phenoxy) is 1. The molecule has 0 N–H and O–H groups in total. The Balaban J connectivity index is 1.34. The molecule has 0 unspecified atom stereocenters. The smallest absolute Gasteiger partial charge is 0.339 e. The minimum atomic E-state index is -3.43. The number of hydrogen-bond acceptors (Lipinski definition) is 5. The van der Waals surface area contributed by atoms with Crippen LogP contribution < -0.4 is 0 Å². The Kier molecular flexibility index (Phi) is 5.38. The summed E-state index contributed by atoms with van der Waals surface area (Å²) < 4.78 is 32.1. The van der Waals surface area contributed by atoms with Gasteiger partial charge in [0.25, 0.3) is 0 Å². The van der Waals surface area contributed by atoms with E-state index in [0.717, 1.165) is 11.1 Å². The van der Waals surface area contributed by atoms with Crippen molar-refractivity contribution in [3.05, 3.63) is 71.3 Å². The highest BCUT2D eigenvalue weighted by molar-refractivity contribution is 7.88. The van der Waals surface area contributed by atoms with Crippen LogP contribution in [0.3, 0.4) is 0 Å². The number of carbonyl (C=O) groups is 2. The molecule has 0 spiro atoms. The SMILES string of the molecule is O=C1O[C@@H](CC(=O)N2CCN(S(=O)(=O)Cc3ccccc3)CC2)c2ccccc21. The van der Waals surface area contributed by atoms with Crippen LogP contribution in [0.1, 0.15) is 34.0 Å². The highest BCUT2D eigenvalue weighted by Crippen LogP contribution is 2.33. The predicted octanol–water partition coefficient (Wildman–Crippen LogP) is 1.96. The van der Waals surface area contributed by atoms with E-state index in [1.54, 1.807) is 35.2 Å². The number of hydrogen-bond donors (Lipinski definition) is 0. The van der Waals surface area contributed by atoms with Crippen LogP contribution in [0.4, 0.5) is 0 Å². The Morgan fingerprint density at radius 1 is 0.966 bits per heavy atom. The monoisotopic (exact) mass is 414 g/mol. The van der Waals surface area contributed by atoms with Gasteiger partial charge in [0.2, 0.25) is 15.9 Å². The molecule has 7 nitrogen and oxygen atoms in total. The summed E-state index contributed by atoms with van der Waals surface area (Å²) in [4.78, 5) is 26.2. The van der Waals surface area contributed by atoms with Gasteiger partial charge in [0.15, 0.2) is 0 Å². The van der Waals surface area contributed by atoms with E-state index in [4.69, 9.17) is 4.74 Å². The van der Waals surface area contributed by atoms with Crippen molar-refractivity contribution in [2.24, 2.45) is 0 Å². The average molecular weight is 414 g/mol. The molecule has 2 aromatic rings. The van der Waals surface area contributed by atoms with E-state index in [-0.39, 0.29) is 31.2 Å². The summed E-state index contributed by atoms with van der Waals surface area (Å²) in [5.41, 5.74) is 1.98. The van der Waals surface area contributed by atoms with Crippen molar-refractivity contribution in [3.63, 3.8) is 0 Å². The van der Waals surface area contributed by atoms with E-state index in [2.05, 4.69) is 0 Å². The molecule has 0 radical (unpaired) electrons. The fourth-order valence-electron chi connectivity index (χ4n) is 3.75. The number of piperazine rings is 1. The summed E-state index contributed by atoms with van der Waals surface area (Å²) in [6.45, 7) is 1.19. The first-order chi connectivity index (χ1) is 13.9. The number of esters is 1. The summed E-state index contributed by atoms with van der Waals surface area (Å²) in [5.74, 6) is -0.591. The maximum absolute atomic E-state index is 12.7. The second kappa shape index (κ2) is 7.96. The third-order valence-electron chi connectivity index (χ3n) is 5.31. The number of fused-ring (bicyclic) bond motifs is 1. The topological polar surface area (TPSA) is 84.0 Å². The second-order valence-corrected chi connectivity index (χ2v) is 9.18. The fraction of sp³-hybridized carbons (Fsp3) is 0.333. The third kappa shape index (κ3) is 4.18. The van der Waals surface area contributed by atoms with E-state index in [9.17, 15) is 18.0 Å². The first kappa shape index (κ1) is 19.6. The van der Waals surface area contributed by atoms with Gasteiger partial charge in [0, 0.05) is 31.7 Å². The molecule has 0 aliphatic carbocycles. The van der Waals surface area contributed by atoms with Crippen LogP contribution in [0.15, 0.2) is 54.6 Å². The molecular weight excluding hydrogens is 392 g/mol. The van der Waals surface area contributed by atoms with Crippen LogP contribution in [0.5, 0.6) is 0 Å². The van der Waals surface area contributed by atoms with Crippen molar-refractivity contribution in [2.75, 3.05) is 26.2 Å². The lowest BCUT2D eigenvalue weighted by Crippen LogP contribution is -2.50. The number of rotatable bonds is 5. The van der Waals surface area contributed by atoms with Crippen LogP contribution in [0.25, 0.3) is 0 Å². The molecule has 0 saturated carbocycles. The summed E-state index contributed by atoms with van der Waals surface area (Å²) in [6, 6.07) is 16.1. The normalized spacial score (nSPS) is 19.7. The van der Waals surface area contributed by atoms with Gasteiger partial charge >= 0.3 is 5.97 Å². The molecule has 8 heteroatoms. The number of benzene rings is 2. The lowest BCUT2D eigenvalue weighted by molar-refractivity contribution is -0.134. The van der Waals surface area contributed by atoms with Crippen LogP contribution in [0.2, 0.25) is 0 Å². The van der Waals surface area contributed by atoms with Crippen LogP contribution >= 0.6 is 0 Å². The molecule has 1 amide bonds. The fourth-order valence-corrected chi connectivity index (χ4v) is 5.27.